The molecule has 0 heterocycles. The summed E-state index contributed by atoms with van der Waals surface area (Å²) in [6.07, 6.45) is -0.709. The fourth-order valence-electron chi connectivity index (χ4n) is 1.29. The van der Waals surface area contributed by atoms with Gasteiger partial charge in [0.2, 0.25) is 0 Å². The van der Waals surface area contributed by atoms with Crippen molar-refractivity contribution in [2.45, 2.75) is 19.4 Å². The van der Waals surface area contributed by atoms with Crippen LogP contribution in [0.4, 0.5) is 0 Å². The predicted molar refractivity (Wildman–Crippen MR) is 57.3 cm³/mol. The first-order valence-corrected chi connectivity index (χ1v) is 5.01. The molecule has 0 spiro atoms. The molecule has 15 heavy (non-hydrogen) atoms. The maximum Gasteiger partial charge on any atom is 0.140 e. The van der Waals surface area contributed by atoms with Gasteiger partial charge in [0, 0.05) is 12.3 Å². The lowest BCUT2D eigenvalue weighted by molar-refractivity contribution is -0.125. The van der Waals surface area contributed by atoms with Gasteiger partial charge in [0.1, 0.15) is 5.78 Å². The van der Waals surface area contributed by atoms with Crippen LogP contribution in [0.15, 0.2) is 30.3 Å². The number of aliphatic hydroxyl groups is 2. The number of hydrogen-bond acceptors (Lipinski definition) is 3. The summed E-state index contributed by atoms with van der Waals surface area (Å²) >= 11 is 0. The van der Waals surface area contributed by atoms with Crippen LogP contribution in [0.3, 0.4) is 0 Å². The first kappa shape index (κ1) is 11.9. The summed E-state index contributed by atoms with van der Waals surface area (Å²) in [7, 11) is 0. The van der Waals surface area contributed by atoms with Gasteiger partial charge in [-0.05, 0) is 5.56 Å². The molecule has 0 aliphatic heterocycles. The monoisotopic (exact) mass is 208 g/mol. The van der Waals surface area contributed by atoms with Gasteiger partial charge in [-0.1, -0.05) is 37.3 Å². The van der Waals surface area contributed by atoms with Crippen LogP contribution in [0.1, 0.15) is 25.0 Å². The van der Waals surface area contributed by atoms with E-state index in [0.717, 1.165) is 5.56 Å². The molecular weight excluding hydrogens is 192 g/mol. The van der Waals surface area contributed by atoms with Crippen LogP contribution < -0.4 is 0 Å². The minimum atomic E-state index is -0.771. The first-order chi connectivity index (χ1) is 7.15. The Kier molecular flexibility index (Phi) is 4.46. The number of Topliss-reactive ketones (excluding diaryl/α,β-unsaturated/α-hetero) is 1. The molecule has 0 radical (unpaired) electrons. The molecule has 2 atom stereocenters. The van der Waals surface area contributed by atoms with Crippen LogP contribution in [-0.2, 0) is 4.79 Å². The van der Waals surface area contributed by atoms with E-state index in [1.807, 2.05) is 18.2 Å². The van der Waals surface area contributed by atoms with Gasteiger partial charge in [-0.3, -0.25) is 4.79 Å². The zero-order chi connectivity index (χ0) is 11.3. The Morgan fingerprint density at radius 1 is 1.33 bits per heavy atom. The van der Waals surface area contributed by atoms with E-state index in [1.54, 1.807) is 19.1 Å². The van der Waals surface area contributed by atoms with E-state index >= 15 is 0 Å². The molecule has 0 unspecified atom stereocenters. The minimum absolute atomic E-state index is 0.0612. The summed E-state index contributed by atoms with van der Waals surface area (Å²) < 4.78 is 0. The lowest BCUT2D eigenvalue weighted by Gasteiger charge is -2.12. The van der Waals surface area contributed by atoms with E-state index in [9.17, 15) is 9.90 Å². The molecule has 0 bridgehead atoms. The van der Waals surface area contributed by atoms with Crippen molar-refractivity contribution in [2.24, 2.45) is 5.92 Å². The zero-order valence-electron chi connectivity index (χ0n) is 8.76. The van der Waals surface area contributed by atoms with E-state index in [-0.39, 0.29) is 18.8 Å². The maximum absolute atomic E-state index is 11.4. The lowest BCUT2D eigenvalue weighted by Crippen LogP contribution is -2.17. The Hall–Kier alpha value is -1.19. The van der Waals surface area contributed by atoms with Crippen molar-refractivity contribution >= 4 is 5.78 Å². The number of hydrogen-bond donors (Lipinski definition) is 2. The smallest absolute Gasteiger partial charge is 0.140 e. The van der Waals surface area contributed by atoms with Gasteiger partial charge in [-0.15, -0.1) is 0 Å². The molecule has 0 saturated carbocycles. The summed E-state index contributed by atoms with van der Waals surface area (Å²) in [6, 6.07) is 9.05. The quantitative estimate of drug-likeness (QED) is 0.767. The number of ketones is 1. The largest absolute Gasteiger partial charge is 0.396 e. The van der Waals surface area contributed by atoms with Crippen LogP contribution in [0.2, 0.25) is 0 Å². The number of rotatable bonds is 5. The van der Waals surface area contributed by atoms with Gasteiger partial charge in [0.15, 0.2) is 0 Å². The van der Waals surface area contributed by atoms with E-state index in [2.05, 4.69) is 0 Å². The second-order valence-corrected chi connectivity index (χ2v) is 3.68. The summed E-state index contributed by atoms with van der Waals surface area (Å²) in [4.78, 5) is 11.4. The third-order valence-electron chi connectivity index (χ3n) is 2.40. The topological polar surface area (TPSA) is 57.5 Å². The second-order valence-electron chi connectivity index (χ2n) is 3.68. The third kappa shape index (κ3) is 3.46. The molecule has 3 nitrogen and oxygen atoms in total. The van der Waals surface area contributed by atoms with Gasteiger partial charge in [-0.2, -0.15) is 0 Å². The van der Waals surface area contributed by atoms with Crippen molar-refractivity contribution in [3.63, 3.8) is 0 Å². The molecular formula is C12H16O3. The first-order valence-electron chi connectivity index (χ1n) is 5.01. The molecule has 0 aliphatic rings. The fraction of sp³-hybridized carbons (Fsp3) is 0.417. The maximum atomic E-state index is 11.4. The Balaban J connectivity index is 2.56. The van der Waals surface area contributed by atoms with Crippen molar-refractivity contribution in [3.05, 3.63) is 35.9 Å². The van der Waals surface area contributed by atoms with E-state index in [4.69, 9.17) is 5.11 Å². The van der Waals surface area contributed by atoms with Crippen molar-refractivity contribution < 1.29 is 15.0 Å². The SMILES string of the molecule is C[C@@H](CO)C(=O)C[C@@H](O)c1ccccc1. The Morgan fingerprint density at radius 2 is 1.93 bits per heavy atom. The molecule has 1 rings (SSSR count). The Bertz CT molecular complexity index is 308. The van der Waals surface area contributed by atoms with Gasteiger partial charge >= 0.3 is 0 Å². The summed E-state index contributed by atoms with van der Waals surface area (Å²) in [5, 5.41) is 18.5. The Labute approximate surface area is 89.4 Å². The van der Waals surface area contributed by atoms with Crippen LogP contribution in [-0.4, -0.2) is 22.6 Å². The highest BCUT2D eigenvalue weighted by atomic mass is 16.3. The molecule has 82 valence electrons. The van der Waals surface area contributed by atoms with Crippen LogP contribution in [0.25, 0.3) is 0 Å². The second kappa shape index (κ2) is 5.63. The van der Waals surface area contributed by atoms with Crippen molar-refractivity contribution in [3.8, 4) is 0 Å². The normalized spacial score (nSPS) is 14.6. The van der Waals surface area contributed by atoms with Crippen molar-refractivity contribution in [1.29, 1.82) is 0 Å². The van der Waals surface area contributed by atoms with E-state index in [1.165, 1.54) is 0 Å². The number of carbonyl (C=O) groups excluding carboxylic acids is 1. The number of aliphatic hydroxyl groups excluding tert-OH is 2. The summed E-state index contributed by atoms with van der Waals surface area (Å²) in [5.74, 6) is -0.516. The molecule has 2 N–H and O–H groups in total. The van der Waals surface area contributed by atoms with Crippen molar-refractivity contribution in [1.82, 2.24) is 0 Å². The molecule has 0 aromatic heterocycles. The molecule has 0 amide bonds. The average Bonchev–Trinajstić information content (AvgIpc) is 2.29. The standard InChI is InChI=1S/C12H16O3/c1-9(8-13)11(14)7-12(15)10-5-3-2-4-6-10/h2-6,9,12-13,15H,7-8H2,1H3/t9-,12+/m0/s1. The molecule has 0 fully saturated rings. The highest BCUT2D eigenvalue weighted by molar-refractivity contribution is 5.81. The highest BCUT2D eigenvalue weighted by Crippen LogP contribution is 2.18. The van der Waals surface area contributed by atoms with Gasteiger partial charge in [0.05, 0.1) is 12.7 Å². The number of carbonyl (C=O) groups is 1. The van der Waals surface area contributed by atoms with Gasteiger partial charge in [0.25, 0.3) is 0 Å². The van der Waals surface area contributed by atoms with Gasteiger partial charge < -0.3 is 10.2 Å². The average molecular weight is 208 g/mol. The fourth-order valence-corrected chi connectivity index (χ4v) is 1.29. The predicted octanol–water partition coefficient (Wildman–Crippen LogP) is 1.31. The van der Waals surface area contributed by atoms with Crippen molar-refractivity contribution in [2.75, 3.05) is 6.61 Å². The van der Waals surface area contributed by atoms with E-state index in [0.29, 0.717) is 0 Å². The Morgan fingerprint density at radius 3 is 2.47 bits per heavy atom. The molecule has 0 saturated heterocycles. The lowest BCUT2D eigenvalue weighted by atomic mass is 9.98. The third-order valence-corrected chi connectivity index (χ3v) is 2.40. The van der Waals surface area contributed by atoms with Crippen LogP contribution >= 0.6 is 0 Å². The molecule has 3 heteroatoms. The summed E-state index contributed by atoms with van der Waals surface area (Å²) in [6.45, 7) is 1.49. The van der Waals surface area contributed by atoms with Gasteiger partial charge in [-0.25, -0.2) is 0 Å². The van der Waals surface area contributed by atoms with Crippen LogP contribution in [0, 0.1) is 5.92 Å². The minimum Gasteiger partial charge on any atom is -0.396 e. The molecule has 1 aromatic carbocycles. The summed E-state index contributed by atoms with van der Waals surface area (Å²) in [5.41, 5.74) is 0.732. The highest BCUT2D eigenvalue weighted by Gasteiger charge is 2.17. The molecule has 1 aromatic rings. The number of benzene rings is 1. The molecule has 0 aliphatic carbocycles. The zero-order valence-corrected chi connectivity index (χ0v) is 8.76. The van der Waals surface area contributed by atoms with E-state index < -0.39 is 12.0 Å². The van der Waals surface area contributed by atoms with Crippen LogP contribution in [0.5, 0.6) is 0 Å².